The van der Waals surface area contributed by atoms with Crippen LogP contribution in [0.2, 0.25) is 0 Å². The fraction of sp³-hybridized carbons (Fsp3) is 0.308. The lowest BCUT2D eigenvalue weighted by molar-refractivity contribution is 0.102. The second kappa shape index (κ2) is 6.11. The van der Waals surface area contributed by atoms with Crippen molar-refractivity contribution in [3.63, 3.8) is 0 Å². The molecule has 2 aromatic rings. The number of Topliss-reactive ketones (excluding diaryl/α,β-unsaturated/α-hetero) is 1. The number of hydrogen-bond acceptors (Lipinski definition) is 5. The smallest absolute Gasteiger partial charge is 0.173 e. The molecule has 0 N–H and O–H groups in total. The van der Waals surface area contributed by atoms with Gasteiger partial charge >= 0.3 is 0 Å². The van der Waals surface area contributed by atoms with E-state index in [1.807, 2.05) is 24.3 Å². The van der Waals surface area contributed by atoms with E-state index >= 15 is 0 Å². The van der Waals surface area contributed by atoms with E-state index in [-0.39, 0.29) is 5.78 Å². The van der Waals surface area contributed by atoms with Gasteiger partial charge in [-0.1, -0.05) is 49.9 Å². The van der Waals surface area contributed by atoms with Gasteiger partial charge in [0.15, 0.2) is 10.1 Å². The van der Waals surface area contributed by atoms with E-state index in [1.165, 1.54) is 35.2 Å². The Morgan fingerprint density at radius 3 is 2.61 bits per heavy atom. The molecule has 0 saturated carbocycles. The standard InChI is InChI=1S/C13H14N2OS2/c1-9(2)10-3-5-11(6-4-10)12(16)7-17-13-14-8-15-18-13/h3-6,8-9H,7H2,1-2H3. The lowest BCUT2D eigenvalue weighted by Crippen LogP contribution is -2.02. The highest BCUT2D eigenvalue weighted by atomic mass is 32.2. The molecule has 0 atom stereocenters. The Labute approximate surface area is 115 Å². The largest absolute Gasteiger partial charge is 0.293 e. The van der Waals surface area contributed by atoms with E-state index in [0.29, 0.717) is 11.7 Å². The van der Waals surface area contributed by atoms with Crippen LogP contribution in [0.5, 0.6) is 0 Å². The van der Waals surface area contributed by atoms with Gasteiger partial charge in [0.05, 0.1) is 5.75 Å². The Morgan fingerprint density at radius 2 is 2.06 bits per heavy atom. The highest BCUT2D eigenvalue weighted by molar-refractivity contribution is 8.01. The van der Waals surface area contributed by atoms with Gasteiger partial charge in [-0.15, -0.1) is 0 Å². The third-order valence-electron chi connectivity index (χ3n) is 2.57. The Hall–Kier alpha value is -1.20. The molecule has 0 unspecified atom stereocenters. The molecule has 18 heavy (non-hydrogen) atoms. The maximum atomic E-state index is 12.0. The van der Waals surface area contributed by atoms with Gasteiger partial charge in [-0.3, -0.25) is 4.79 Å². The first-order valence-corrected chi connectivity index (χ1v) is 7.45. The summed E-state index contributed by atoms with van der Waals surface area (Å²) in [5.41, 5.74) is 2.01. The summed E-state index contributed by atoms with van der Waals surface area (Å²) in [6.07, 6.45) is 1.51. The molecule has 0 saturated heterocycles. The van der Waals surface area contributed by atoms with Gasteiger partial charge < -0.3 is 0 Å². The molecule has 0 aliphatic carbocycles. The van der Waals surface area contributed by atoms with Gasteiger partial charge in [0, 0.05) is 5.56 Å². The third-order valence-corrected chi connectivity index (χ3v) is 4.36. The number of rotatable bonds is 5. The minimum atomic E-state index is 0.130. The average Bonchev–Trinajstić information content (AvgIpc) is 2.89. The molecule has 0 spiro atoms. The Kier molecular flexibility index (Phi) is 4.49. The number of hydrogen-bond donors (Lipinski definition) is 0. The molecule has 0 fully saturated rings. The molecule has 0 radical (unpaired) electrons. The molecule has 0 amide bonds. The van der Waals surface area contributed by atoms with Gasteiger partial charge in [0.1, 0.15) is 6.33 Å². The molecular formula is C13H14N2OS2. The predicted octanol–water partition coefficient (Wildman–Crippen LogP) is 3.64. The van der Waals surface area contributed by atoms with E-state index in [4.69, 9.17) is 0 Å². The predicted molar refractivity (Wildman–Crippen MR) is 75.5 cm³/mol. The third kappa shape index (κ3) is 3.40. The van der Waals surface area contributed by atoms with E-state index < -0.39 is 0 Å². The first-order chi connectivity index (χ1) is 8.66. The lowest BCUT2D eigenvalue weighted by Gasteiger charge is -2.05. The Balaban J connectivity index is 1.96. The van der Waals surface area contributed by atoms with E-state index in [9.17, 15) is 4.79 Å². The zero-order valence-corrected chi connectivity index (χ0v) is 11.9. The summed E-state index contributed by atoms with van der Waals surface area (Å²) in [5.74, 6) is 1.03. The van der Waals surface area contributed by atoms with E-state index in [0.717, 1.165) is 9.90 Å². The highest BCUT2D eigenvalue weighted by Crippen LogP contribution is 2.20. The number of ketones is 1. The van der Waals surface area contributed by atoms with Crippen LogP contribution in [0.15, 0.2) is 34.9 Å². The van der Waals surface area contributed by atoms with Crippen molar-refractivity contribution in [1.29, 1.82) is 0 Å². The van der Waals surface area contributed by atoms with Crippen molar-refractivity contribution in [3.05, 3.63) is 41.7 Å². The van der Waals surface area contributed by atoms with Crippen LogP contribution in [0.25, 0.3) is 0 Å². The Morgan fingerprint density at radius 1 is 1.33 bits per heavy atom. The molecule has 2 rings (SSSR count). The summed E-state index contributed by atoms with van der Waals surface area (Å²) in [6.45, 7) is 4.28. The summed E-state index contributed by atoms with van der Waals surface area (Å²) in [6, 6.07) is 7.84. The zero-order chi connectivity index (χ0) is 13.0. The number of aromatic nitrogens is 2. The fourth-order valence-corrected chi connectivity index (χ4v) is 2.83. The molecule has 3 nitrogen and oxygen atoms in total. The van der Waals surface area contributed by atoms with Crippen molar-refractivity contribution in [2.24, 2.45) is 0 Å². The molecule has 1 aromatic carbocycles. The van der Waals surface area contributed by atoms with Crippen molar-refractivity contribution in [2.45, 2.75) is 24.1 Å². The highest BCUT2D eigenvalue weighted by Gasteiger charge is 2.08. The number of carbonyl (C=O) groups excluding carboxylic acids is 1. The molecule has 94 valence electrons. The van der Waals surface area contributed by atoms with Crippen molar-refractivity contribution < 1.29 is 4.79 Å². The van der Waals surface area contributed by atoms with Crippen molar-refractivity contribution in [1.82, 2.24) is 9.36 Å². The van der Waals surface area contributed by atoms with Crippen molar-refractivity contribution in [2.75, 3.05) is 5.75 Å². The topological polar surface area (TPSA) is 42.9 Å². The quantitative estimate of drug-likeness (QED) is 0.618. The van der Waals surface area contributed by atoms with Gasteiger partial charge in [0.2, 0.25) is 0 Å². The van der Waals surface area contributed by atoms with Crippen LogP contribution in [0.1, 0.15) is 35.7 Å². The minimum Gasteiger partial charge on any atom is -0.293 e. The molecule has 0 bridgehead atoms. The molecule has 0 aliphatic rings. The summed E-state index contributed by atoms with van der Waals surface area (Å²) >= 11 is 2.75. The van der Waals surface area contributed by atoms with Crippen molar-refractivity contribution in [3.8, 4) is 0 Å². The van der Waals surface area contributed by atoms with Gasteiger partial charge in [-0.25, -0.2) is 4.98 Å². The van der Waals surface area contributed by atoms with Crippen molar-refractivity contribution >= 4 is 29.1 Å². The van der Waals surface area contributed by atoms with Crippen LogP contribution in [0, 0.1) is 0 Å². The fourth-order valence-electron chi connectivity index (χ4n) is 1.49. The normalized spacial score (nSPS) is 10.8. The monoisotopic (exact) mass is 278 g/mol. The average molecular weight is 278 g/mol. The maximum Gasteiger partial charge on any atom is 0.173 e. The SMILES string of the molecule is CC(C)c1ccc(C(=O)CSc2ncns2)cc1. The van der Waals surface area contributed by atoms with Gasteiger partial charge in [-0.2, -0.15) is 4.37 Å². The molecule has 1 heterocycles. The second-order valence-electron chi connectivity index (χ2n) is 4.20. The number of thioether (sulfide) groups is 1. The summed E-state index contributed by atoms with van der Waals surface area (Å²) in [5, 5.41) is 0. The summed E-state index contributed by atoms with van der Waals surface area (Å²) in [4.78, 5) is 16.0. The first-order valence-electron chi connectivity index (χ1n) is 5.69. The number of carbonyl (C=O) groups is 1. The van der Waals surface area contributed by atoms with Crippen LogP contribution < -0.4 is 0 Å². The van der Waals surface area contributed by atoms with Gasteiger partial charge in [0.25, 0.3) is 0 Å². The number of benzene rings is 1. The summed E-state index contributed by atoms with van der Waals surface area (Å²) in [7, 11) is 0. The van der Waals surface area contributed by atoms with Crippen LogP contribution in [-0.2, 0) is 0 Å². The second-order valence-corrected chi connectivity index (χ2v) is 6.20. The molecular weight excluding hydrogens is 264 g/mol. The summed E-state index contributed by atoms with van der Waals surface area (Å²) < 4.78 is 4.74. The van der Waals surface area contributed by atoms with Gasteiger partial charge in [-0.05, 0) is 23.0 Å². The Bertz CT molecular complexity index is 506. The van der Waals surface area contributed by atoms with Crippen LogP contribution in [0.4, 0.5) is 0 Å². The van der Waals surface area contributed by atoms with Crippen LogP contribution >= 0.6 is 23.3 Å². The number of nitrogens with zero attached hydrogens (tertiary/aromatic N) is 2. The zero-order valence-electron chi connectivity index (χ0n) is 10.3. The van der Waals surface area contributed by atoms with Crippen LogP contribution in [0.3, 0.4) is 0 Å². The minimum absolute atomic E-state index is 0.130. The molecule has 0 aliphatic heterocycles. The van der Waals surface area contributed by atoms with E-state index in [1.54, 1.807) is 0 Å². The lowest BCUT2D eigenvalue weighted by atomic mass is 10.0. The first kappa shape index (κ1) is 13.2. The maximum absolute atomic E-state index is 12.0. The molecule has 1 aromatic heterocycles. The van der Waals surface area contributed by atoms with Crippen LogP contribution in [-0.4, -0.2) is 20.9 Å². The van der Waals surface area contributed by atoms with E-state index in [2.05, 4.69) is 23.2 Å². The molecule has 5 heteroatoms.